The molecule has 92 valence electrons. The molecule has 0 unspecified atom stereocenters. The van der Waals surface area contributed by atoms with Crippen molar-refractivity contribution in [1.82, 2.24) is 5.32 Å². The van der Waals surface area contributed by atoms with Crippen LogP contribution in [0.1, 0.15) is 30.9 Å². The summed E-state index contributed by atoms with van der Waals surface area (Å²) >= 11 is 0. The van der Waals surface area contributed by atoms with Crippen LogP contribution in [-0.2, 0) is 17.6 Å². The third kappa shape index (κ3) is 3.07. The Labute approximate surface area is 102 Å². The lowest BCUT2D eigenvalue weighted by Crippen LogP contribution is -2.43. The third-order valence-electron chi connectivity index (χ3n) is 3.37. The van der Waals surface area contributed by atoms with Crippen LogP contribution in [0.5, 0.6) is 0 Å². The molecular formula is C14H20N2O. The van der Waals surface area contributed by atoms with E-state index in [1.807, 2.05) is 0 Å². The fourth-order valence-electron chi connectivity index (χ4n) is 1.80. The molecular weight excluding hydrogens is 212 g/mol. The van der Waals surface area contributed by atoms with Crippen molar-refractivity contribution in [2.45, 2.75) is 38.1 Å². The zero-order chi connectivity index (χ0) is 12.3. The number of hydrogen-bond acceptors (Lipinski definition) is 2. The first-order valence-electron chi connectivity index (χ1n) is 6.29. The molecule has 3 N–H and O–H groups in total. The molecule has 0 bridgehead atoms. The topological polar surface area (TPSA) is 55.1 Å². The molecule has 3 nitrogen and oxygen atoms in total. The van der Waals surface area contributed by atoms with Crippen molar-refractivity contribution in [1.29, 1.82) is 0 Å². The van der Waals surface area contributed by atoms with Gasteiger partial charge < -0.3 is 11.1 Å². The number of aryl methyl sites for hydroxylation is 1. The van der Waals surface area contributed by atoms with E-state index >= 15 is 0 Å². The Hall–Kier alpha value is -1.35. The van der Waals surface area contributed by atoms with Gasteiger partial charge in [-0.15, -0.1) is 0 Å². The number of nitrogens with one attached hydrogen (secondary N) is 1. The molecule has 0 atom stereocenters. The van der Waals surface area contributed by atoms with E-state index in [9.17, 15) is 4.79 Å². The molecule has 0 heterocycles. The number of nitrogens with two attached hydrogens (primary N) is 1. The standard InChI is InChI=1S/C14H20N2O/c1-2-11-3-5-12(6-4-11)7-10-16-13(17)14(15)8-9-14/h3-6H,2,7-10,15H2,1H3,(H,16,17). The van der Waals surface area contributed by atoms with Crippen LogP contribution in [0.25, 0.3) is 0 Å². The Morgan fingerprint density at radius 3 is 2.41 bits per heavy atom. The van der Waals surface area contributed by atoms with Gasteiger partial charge in [-0.3, -0.25) is 4.79 Å². The zero-order valence-corrected chi connectivity index (χ0v) is 10.3. The van der Waals surface area contributed by atoms with Crippen molar-refractivity contribution < 1.29 is 4.79 Å². The summed E-state index contributed by atoms with van der Waals surface area (Å²) in [6, 6.07) is 8.53. The number of hydrogen-bond donors (Lipinski definition) is 2. The average Bonchev–Trinajstić information content (AvgIpc) is 3.09. The van der Waals surface area contributed by atoms with Gasteiger partial charge in [-0.05, 0) is 36.8 Å². The molecule has 1 aromatic rings. The average molecular weight is 232 g/mol. The summed E-state index contributed by atoms with van der Waals surface area (Å²) in [4.78, 5) is 11.6. The van der Waals surface area contributed by atoms with E-state index in [4.69, 9.17) is 5.73 Å². The molecule has 1 saturated carbocycles. The van der Waals surface area contributed by atoms with Gasteiger partial charge in [0.15, 0.2) is 0 Å². The number of rotatable bonds is 5. The summed E-state index contributed by atoms with van der Waals surface area (Å²) in [5.41, 5.74) is 7.84. The molecule has 0 spiro atoms. The highest BCUT2D eigenvalue weighted by Crippen LogP contribution is 2.31. The maximum Gasteiger partial charge on any atom is 0.240 e. The van der Waals surface area contributed by atoms with E-state index in [1.54, 1.807) is 0 Å². The molecule has 17 heavy (non-hydrogen) atoms. The van der Waals surface area contributed by atoms with Crippen LogP contribution in [0.15, 0.2) is 24.3 Å². The molecule has 0 radical (unpaired) electrons. The maximum absolute atomic E-state index is 11.6. The Bertz CT molecular complexity index is 393. The van der Waals surface area contributed by atoms with Crippen molar-refractivity contribution in [2.75, 3.05) is 6.54 Å². The number of amides is 1. The van der Waals surface area contributed by atoms with Crippen LogP contribution >= 0.6 is 0 Å². The number of carbonyl (C=O) groups is 1. The largest absolute Gasteiger partial charge is 0.354 e. The smallest absolute Gasteiger partial charge is 0.240 e. The highest BCUT2D eigenvalue weighted by molar-refractivity contribution is 5.88. The minimum absolute atomic E-state index is 0.00248. The minimum Gasteiger partial charge on any atom is -0.354 e. The van der Waals surface area contributed by atoms with Crippen LogP contribution in [0.4, 0.5) is 0 Å². The zero-order valence-electron chi connectivity index (χ0n) is 10.3. The fraction of sp³-hybridized carbons (Fsp3) is 0.500. The molecule has 1 amide bonds. The van der Waals surface area contributed by atoms with E-state index in [-0.39, 0.29) is 5.91 Å². The Morgan fingerprint density at radius 2 is 1.88 bits per heavy atom. The molecule has 1 aliphatic carbocycles. The third-order valence-corrected chi connectivity index (χ3v) is 3.37. The minimum atomic E-state index is -0.550. The molecule has 1 aromatic carbocycles. The lowest BCUT2D eigenvalue weighted by Gasteiger charge is -2.10. The van der Waals surface area contributed by atoms with Crippen LogP contribution in [0, 0.1) is 0 Å². The van der Waals surface area contributed by atoms with E-state index in [2.05, 4.69) is 36.5 Å². The number of carbonyl (C=O) groups excluding carboxylic acids is 1. The predicted molar refractivity (Wildman–Crippen MR) is 68.7 cm³/mol. The highest BCUT2D eigenvalue weighted by Gasteiger charge is 2.45. The predicted octanol–water partition coefficient (Wildman–Crippen LogP) is 1.40. The van der Waals surface area contributed by atoms with Crippen molar-refractivity contribution in [3.63, 3.8) is 0 Å². The monoisotopic (exact) mass is 232 g/mol. The van der Waals surface area contributed by atoms with Gasteiger partial charge in [-0.2, -0.15) is 0 Å². The van der Waals surface area contributed by atoms with Crippen molar-refractivity contribution >= 4 is 5.91 Å². The normalized spacial score (nSPS) is 16.6. The second-order valence-corrected chi connectivity index (χ2v) is 4.83. The maximum atomic E-state index is 11.6. The van der Waals surface area contributed by atoms with Gasteiger partial charge in [0.05, 0.1) is 5.54 Å². The van der Waals surface area contributed by atoms with Gasteiger partial charge in [0.25, 0.3) is 0 Å². The summed E-state index contributed by atoms with van der Waals surface area (Å²) in [5, 5.41) is 2.90. The van der Waals surface area contributed by atoms with Crippen molar-refractivity contribution in [3.05, 3.63) is 35.4 Å². The summed E-state index contributed by atoms with van der Waals surface area (Å²) < 4.78 is 0. The molecule has 1 aliphatic rings. The van der Waals surface area contributed by atoms with Crippen LogP contribution in [0.2, 0.25) is 0 Å². The second kappa shape index (κ2) is 4.88. The molecule has 2 rings (SSSR count). The Balaban J connectivity index is 1.76. The van der Waals surface area contributed by atoms with Gasteiger partial charge in [-0.25, -0.2) is 0 Å². The van der Waals surface area contributed by atoms with Gasteiger partial charge in [0.1, 0.15) is 0 Å². The van der Waals surface area contributed by atoms with Crippen molar-refractivity contribution in [3.8, 4) is 0 Å². The highest BCUT2D eigenvalue weighted by atomic mass is 16.2. The first-order chi connectivity index (χ1) is 8.14. The summed E-state index contributed by atoms with van der Waals surface area (Å²) in [6.45, 7) is 2.81. The van der Waals surface area contributed by atoms with E-state index in [0.29, 0.717) is 6.54 Å². The molecule has 0 aliphatic heterocycles. The van der Waals surface area contributed by atoms with Crippen LogP contribution in [-0.4, -0.2) is 18.0 Å². The van der Waals surface area contributed by atoms with Gasteiger partial charge in [0.2, 0.25) is 5.91 Å². The van der Waals surface area contributed by atoms with E-state index < -0.39 is 5.54 Å². The summed E-state index contributed by atoms with van der Waals surface area (Å²) in [5.74, 6) is 0.00248. The Morgan fingerprint density at radius 1 is 1.29 bits per heavy atom. The van der Waals surface area contributed by atoms with Crippen molar-refractivity contribution in [2.24, 2.45) is 5.73 Å². The SMILES string of the molecule is CCc1ccc(CCNC(=O)C2(N)CC2)cc1. The second-order valence-electron chi connectivity index (χ2n) is 4.83. The molecule has 1 fully saturated rings. The number of benzene rings is 1. The Kier molecular flexibility index (Phi) is 3.48. The fourth-order valence-corrected chi connectivity index (χ4v) is 1.80. The summed E-state index contributed by atoms with van der Waals surface area (Å²) in [6.07, 6.45) is 3.58. The lowest BCUT2D eigenvalue weighted by atomic mass is 10.1. The lowest BCUT2D eigenvalue weighted by molar-refractivity contribution is -0.123. The molecule has 3 heteroatoms. The van der Waals surface area contributed by atoms with Gasteiger partial charge >= 0.3 is 0 Å². The quantitative estimate of drug-likeness (QED) is 0.806. The van der Waals surface area contributed by atoms with E-state index in [0.717, 1.165) is 25.7 Å². The molecule has 0 aromatic heterocycles. The van der Waals surface area contributed by atoms with Gasteiger partial charge in [-0.1, -0.05) is 31.2 Å². The first kappa shape index (κ1) is 12.1. The summed E-state index contributed by atoms with van der Waals surface area (Å²) in [7, 11) is 0. The van der Waals surface area contributed by atoms with Crippen LogP contribution < -0.4 is 11.1 Å². The molecule has 0 saturated heterocycles. The first-order valence-corrected chi connectivity index (χ1v) is 6.29. The van der Waals surface area contributed by atoms with E-state index in [1.165, 1.54) is 11.1 Å². The van der Waals surface area contributed by atoms with Crippen LogP contribution in [0.3, 0.4) is 0 Å². The van der Waals surface area contributed by atoms with Gasteiger partial charge in [0, 0.05) is 6.54 Å².